The van der Waals surface area contributed by atoms with Crippen LogP contribution in [0.2, 0.25) is 0 Å². The SMILES string of the molecule is Cc1cccc(CC2(NCCCOc3ccc(N(C)S(C)(=O)=O)cc3)CCOC2)c1. The van der Waals surface area contributed by atoms with E-state index in [2.05, 4.69) is 36.5 Å². The first-order valence-electron chi connectivity index (χ1n) is 10.3. The highest BCUT2D eigenvalue weighted by molar-refractivity contribution is 7.92. The molecule has 2 aromatic rings. The Morgan fingerprint density at radius 3 is 2.60 bits per heavy atom. The lowest BCUT2D eigenvalue weighted by Crippen LogP contribution is -2.48. The molecule has 1 N–H and O–H groups in total. The summed E-state index contributed by atoms with van der Waals surface area (Å²) < 4.78 is 36.0. The van der Waals surface area contributed by atoms with Crippen LogP contribution < -0.4 is 14.4 Å². The predicted octanol–water partition coefficient (Wildman–Crippen LogP) is 3.15. The lowest BCUT2D eigenvalue weighted by atomic mass is 9.89. The standard InChI is InChI=1S/C23H32N2O4S/c1-19-6-4-7-20(16-19)17-23(12-15-28-18-23)24-13-5-14-29-22-10-8-21(9-11-22)25(2)30(3,26)27/h4,6-11,16,24H,5,12-15,17-18H2,1-3H3. The second-order valence-electron chi connectivity index (χ2n) is 8.10. The van der Waals surface area contributed by atoms with Crippen molar-refractivity contribution in [1.29, 1.82) is 0 Å². The third-order valence-electron chi connectivity index (χ3n) is 5.52. The zero-order valence-corrected chi connectivity index (χ0v) is 18.9. The van der Waals surface area contributed by atoms with Crippen molar-refractivity contribution in [3.05, 3.63) is 59.7 Å². The Bertz CT molecular complexity index is 922. The summed E-state index contributed by atoms with van der Waals surface area (Å²) in [4.78, 5) is 0. The van der Waals surface area contributed by atoms with Crippen LogP contribution in [0.5, 0.6) is 5.75 Å². The number of hydrogen-bond acceptors (Lipinski definition) is 5. The maximum atomic E-state index is 11.6. The minimum Gasteiger partial charge on any atom is -0.494 e. The fourth-order valence-electron chi connectivity index (χ4n) is 3.72. The van der Waals surface area contributed by atoms with Crippen LogP contribution in [-0.2, 0) is 21.2 Å². The van der Waals surface area contributed by atoms with Crippen molar-refractivity contribution in [1.82, 2.24) is 5.32 Å². The van der Waals surface area contributed by atoms with Crippen LogP contribution in [0.15, 0.2) is 48.5 Å². The molecule has 3 rings (SSSR count). The van der Waals surface area contributed by atoms with Gasteiger partial charge in [0.15, 0.2) is 0 Å². The van der Waals surface area contributed by atoms with Gasteiger partial charge in [-0.25, -0.2) is 8.42 Å². The van der Waals surface area contributed by atoms with Gasteiger partial charge in [0.05, 0.1) is 25.2 Å². The molecule has 30 heavy (non-hydrogen) atoms. The number of nitrogens with one attached hydrogen (secondary N) is 1. The molecule has 1 fully saturated rings. The fraction of sp³-hybridized carbons (Fsp3) is 0.478. The second-order valence-corrected chi connectivity index (χ2v) is 10.1. The van der Waals surface area contributed by atoms with Crippen LogP contribution >= 0.6 is 0 Å². The average molecular weight is 433 g/mol. The van der Waals surface area contributed by atoms with Gasteiger partial charge in [0.25, 0.3) is 0 Å². The number of aryl methyl sites for hydroxylation is 1. The molecule has 0 amide bonds. The zero-order chi connectivity index (χ0) is 21.6. The van der Waals surface area contributed by atoms with E-state index in [0.717, 1.165) is 44.8 Å². The van der Waals surface area contributed by atoms with Crippen molar-refractivity contribution in [3.63, 3.8) is 0 Å². The lowest BCUT2D eigenvalue weighted by molar-refractivity contribution is 0.164. The molecule has 0 aromatic heterocycles. The molecule has 0 spiro atoms. The number of benzene rings is 2. The molecule has 1 unspecified atom stereocenters. The fourth-order valence-corrected chi connectivity index (χ4v) is 4.23. The summed E-state index contributed by atoms with van der Waals surface area (Å²) in [6.45, 7) is 5.10. The first kappa shape index (κ1) is 22.6. The molecule has 0 radical (unpaired) electrons. The van der Waals surface area contributed by atoms with Gasteiger partial charge in [-0.2, -0.15) is 0 Å². The van der Waals surface area contributed by atoms with Gasteiger partial charge >= 0.3 is 0 Å². The van der Waals surface area contributed by atoms with Gasteiger partial charge in [0, 0.05) is 19.2 Å². The number of anilines is 1. The van der Waals surface area contributed by atoms with E-state index in [9.17, 15) is 8.42 Å². The number of hydrogen-bond donors (Lipinski definition) is 1. The Balaban J connectivity index is 1.45. The molecule has 0 bridgehead atoms. The minimum absolute atomic E-state index is 0.00826. The number of ether oxygens (including phenoxy) is 2. The van der Waals surface area contributed by atoms with Crippen molar-refractivity contribution in [2.75, 3.05) is 44.0 Å². The van der Waals surface area contributed by atoms with E-state index < -0.39 is 10.0 Å². The van der Waals surface area contributed by atoms with Gasteiger partial charge in [0.1, 0.15) is 5.75 Å². The van der Waals surface area contributed by atoms with E-state index in [0.29, 0.717) is 12.3 Å². The largest absolute Gasteiger partial charge is 0.494 e. The minimum atomic E-state index is -3.26. The molecule has 2 aromatic carbocycles. The summed E-state index contributed by atoms with van der Waals surface area (Å²) in [5.41, 5.74) is 3.23. The van der Waals surface area contributed by atoms with E-state index in [1.54, 1.807) is 24.3 Å². The summed E-state index contributed by atoms with van der Waals surface area (Å²) in [5.74, 6) is 0.735. The third-order valence-corrected chi connectivity index (χ3v) is 6.72. The molecule has 1 atom stereocenters. The molecule has 7 heteroatoms. The van der Waals surface area contributed by atoms with E-state index in [-0.39, 0.29) is 5.54 Å². The molecular weight excluding hydrogens is 400 g/mol. The first-order valence-corrected chi connectivity index (χ1v) is 12.2. The Labute approximate surface area is 180 Å². The summed E-state index contributed by atoms with van der Waals surface area (Å²) in [6, 6.07) is 15.8. The molecular formula is C23H32N2O4S. The van der Waals surface area contributed by atoms with Crippen molar-refractivity contribution >= 4 is 15.7 Å². The van der Waals surface area contributed by atoms with Crippen molar-refractivity contribution in [3.8, 4) is 5.75 Å². The van der Waals surface area contributed by atoms with Crippen molar-refractivity contribution in [2.45, 2.75) is 31.7 Å². The Kier molecular flexibility index (Phi) is 7.39. The predicted molar refractivity (Wildman–Crippen MR) is 121 cm³/mol. The monoisotopic (exact) mass is 432 g/mol. The second kappa shape index (κ2) is 9.81. The molecule has 1 heterocycles. The molecule has 0 saturated carbocycles. The average Bonchev–Trinajstić information content (AvgIpc) is 3.15. The quantitative estimate of drug-likeness (QED) is 0.584. The van der Waals surface area contributed by atoms with E-state index >= 15 is 0 Å². The lowest BCUT2D eigenvalue weighted by Gasteiger charge is -2.29. The summed E-state index contributed by atoms with van der Waals surface area (Å²) in [5, 5.41) is 3.71. The van der Waals surface area contributed by atoms with Crippen LogP contribution in [0, 0.1) is 6.92 Å². The van der Waals surface area contributed by atoms with Gasteiger partial charge in [-0.05, 0) is 62.6 Å². The van der Waals surface area contributed by atoms with Gasteiger partial charge < -0.3 is 14.8 Å². The highest BCUT2D eigenvalue weighted by Gasteiger charge is 2.34. The molecule has 0 aliphatic carbocycles. The topological polar surface area (TPSA) is 67.9 Å². The summed E-state index contributed by atoms with van der Waals surface area (Å²) >= 11 is 0. The molecule has 1 saturated heterocycles. The summed E-state index contributed by atoms with van der Waals surface area (Å²) in [7, 11) is -1.72. The number of nitrogens with zero attached hydrogens (tertiary/aromatic N) is 1. The van der Waals surface area contributed by atoms with Crippen molar-refractivity contribution < 1.29 is 17.9 Å². The van der Waals surface area contributed by atoms with Gasteiger partial charge in [-0.3, -0.25) is 4.31 Å². The third kappa shape index (κ3) is 6.20. The van der Waals surface area contributed by atoms with Gasteiger partial charge in [-0.1, -0.05) is 29.8 Å². The highest BCUT2D eigenvalue weighted by Crippen LogP contribution is 2.24. The first-order chi connectivity index (χ1) is 14.3. The summed E-state index contributed by atoms with van der Waals surface area (Å²) in [6.07, 6.45) is 4.04. The molecule has 1 aliphatic rings. The van der Waals surface area contributed by atoms with Crippen LogP contribution in [0.1, 0.15) is 24.0 Å². The van der Waals surface area contributed by atoms with Crippen LogP contribution in [0.4, 0.5) is 5.69 Å². The van der Waals surface area contributed by atoms with Gasteiger partial charge in [-0.15, -0.1) is 0 Å². The van der Waals surface area contributed by atoms with Crippen LogP contribution in [0.3, 0.4) is 0 Å². The normalized spacial score (nSPS) is 19.0. The number of sulfonamides is 1. The Hall–Kier alpha value is -2.09. The molecule has 164 valence electrons. The smallest absolute Gasteiger partial charge is 0.231 e. The van der Waals surface area contributed by atoms with Crippen LogP contribution in [-0.4, -0.2) is 53.6 Å². The van der Waals surface area contributed by atoms with Crippen molar-refractivity contribution in [2.24, 2.45) is 0 Å². The van der Waals surface area contributed by atoms with Crippen LogP contribution in [0.25, 0.3) is 0 Å². The highest BCUT2D eigenvalue weighted by atomic mass is 32.2. The zero-order valence-electron chi connectivity index (χ0n) is 18.1. The molecule has 1 aliphatic heterocycles. The van der Waals surface area contributed by atoms with Gasteiger partial charge in [0.2, 0.25) is 10.0 Å². The number of rotatable bonds is 10. The van der Waals surface area contributed by atoms with E-state index in [1.807, 2.05) is 0 Å². The maximum absolute atomic E-state index is 11.6. The molecule has 6 nitrogen and oxygen atoms in total. The Morgan fingerprint density at radius 2 is 1.97 bits per heavy atom. The van der Waals surface area contributed by atoms with E-state index in [4.69, 9.17) is 9.47 Å². The maximum Gasteiger partial charge on any atom is 0.231 e. The van der Waals surface area contributed by atoms with E-state index in [1.165, 1.54) is 28.7 Å². The Morgan fingerprint density at radius 1 is 1.20 bits per heavy atom.